The molecule has 2 N–H and O–H groups in total. The molecule has 0 unspecified atom stereocenters. The summed E-state index contributed by atoms with van der Waals surface area (Å²) in [4.78, 5) is 14.0. The number of hydrogen-bond acceptors (Lipinski definition) is 4. The average molecular weight is 284 g/mol. The van der Waals surface area contributed by atoms with Crippen LogP contribution in [-0.4, -0.2) is 51.3 Å². The topological polar surface area (TPSA) is 64.8 Å². The quantitative estimate of drug-likeness (QED) is 0.581. The lowest BCUT2D eigenvalue weighted by Gasteiger charge is -2.23. The van der Waals surface area contributed by atoms with Crippen molar-refractivity contribution < 1.29 is 18.7 Å². The van der Waals surface area contributed by atoms with Crippen molar-refractivity contribution in [2.45, 2.75) is 6.42 Å². The highest BCUT2D eigenvalue weighted by Crippen LogP contribution is 2.16. The first-order valence-electron chi connectivity index (χ1n) is 6.42. The van der Waals surface area contributed by atoms with Crippen molar-refractivity contribution in [3.8, 4) is 0 Å². The normalized spacial score (nSPS) is 10.6. The molecule has 0 atom stereocenters. The van der Waals surface area contributed by atoms with E-state index in [1.807, 2.05) is 0 Å². The third-order valence-electron chi connectivity index (χ3n) is 2.87. The van der Waals surface area contributed by atoms with Gasteiger partial charge in [-0.3, -0.25) is 4.79 Å². The van der Waals surface area contributed by atoms with E-state index in [0.717, 1.165) is 6.07 Å². The maximum Gasteiger partial charge on any atom is 0.256 e. The molecule has 0 aliphatic carbocycles. The fourth-order valence-corrected chi connectivity index (χ4v) is 1.81. The van der Waals surface area contributed by atoms with Gasteiger partial charge in [-0.1, -0.05) is 0 Å². The molecule has 0 aliphatic heterocycles. The van der Waals surface area contributed by atoms with Crippen molar-refractivity contribution in [3.05, 3.63) is 29.6 Å². The second kappa shape index (κ2) is 8.50. The molecular formula is C14H21FN2O3. The second-order valence-electron chi connectivity index (χ2n) is 4.36. The summed E-state index contributed by atoms with van der Waals surface area (Å²) >= 11 is 0. The monoisotopic (exact) mass is 284 g/mol. The molecule has 0 bridgehead atoms. The van der Waals surface area contributed by atoms with E-state index in [0.29, 0.717) is 38.3 Å². The van der Waals surface area contributed by atoms with Crippen molar-refractivity contribution in [2.75, 3.05) is 46.3 Å². The van der Waals surface area contributed by atoms with E-state index in [-0.39, 0.29) is 11.6 Å². The molecule has 0 radical (unpaired) electrons. The number of benzene rings is 1. The molecule has 112 valence electrons. The van der Waals surface area contributed by atoms with Crippen molar-refractivity contribution in [1.82, 2.24) is 4.90 Å². The van der Waals surface area contributed by atoms with Gasteiger partial charge in [-0.25, -0.2) is 4.39 Å². The minimum absolute atomic E-state index is 0.143. The molecule has 0 fully saturated rings. The van der Waals surface area contributed by atoms with Gasteiger partial charge in [-0.2, -0.15) is 0 Å². The van der Waals surface area contributed by atoms with Crippen LogP contribution in [-0.2, 0) is 9.47 Å². The van der Waals surface area contributed by atoms with Crippen LogP contribution in [0.3, 0.4) is 0 Å². The molecule has 1 aromatic rings. The van der Waals surface area contributed by atoms with Crippen LogP contribution >= 0.6 is 0 Å². The number of halogens is 1. The first-order chi connectivity index (χ1) is 9.60. The van der Waals surface area contributed by atoms with Gasteiger partial charge in [0.2, 0.25) is 0 Å². The van der Waals surface area contributed by atoms with Gasteiger partial charge in [-0.15, -0.1) is 0 Å². The Bertz CT molecular complexity index is 440. The first-order valence-corrected chi connectivity index (χ1v) is 6.42. The largest absolute Gasteiger partial charge is 0.398 e. The molecule has 6 heteroatoms. The summed E-state index contributed by atoms with van der Waals surface area (Å²) in [5.41, 5.74) is 6.15. The summed E-state index contributed by atoms with van der Waals surface area (Å²) in [6, 6.07) is 3.78. The Hall–Kier alpha value is -1.66. The van der Waals surface area contributed by atoms with Crippen LogP contribution < -0.4 is 5.73 Å². The number of ether oxygens (including phenoxy) is 2. The Morgan fingerprint density at radius 3 is 2.55 bits per heavy atom. The smallest absolute Gasteiger partial charge is 0.256 e. The molecular weight excluding hydrogens is 263 g/mol. The second-order valence-corrected chi connectivity index (χ2v) is 4.36. The lowest BCUT2D eigenvalue weighted by molar-refractivity contribution is 0.0675. The Labute approximate surface area is 118 Å². The van der Waals surface area contributed by atoms with E-state index >= 15 is 0 Å². The maximum atomic E-state index is 13.0. The van der Waals surface area contributed by atoms with E-state index in [4.69, 9.17) is 15.2 Å². The van der Waals surface area contributed by atoms with Crippen LogP contribution in [0.15, 0.2) is 18.2 Å². The van der Waals surface area contributed by atoms with Gasteiger partial charge < -0.3 is 20.1 Å². The highest BCUT2D eigenvalue weighted by atomic mass is 19.1. The number of anilines is 1. The maximum absolute atomic E-state index is 13.0. The third-order valence-corrected chi connectivity index (χ3v) is 2.87. The van der Waals surface area contributed by atoms with E-state index in [1.54, 1.807) is 19.1 Å². The van der Waals surface area contributed by atoms with Crippen LogP contribution in [0.5, 0.6) is 0 Å². The van der Waals surface area contributed by atoms with E-state index in [9.17, 15) is 9.18 Å². The van der Waals surface area contributed by atoms with Crippen molar-refractivity contribution >= 4 is 11.6 Å². The van der Waals surface area contributed by atoms with E-state index in [2.05, 4.69) is 0 Å². The molecule has 0 saturated heterocycles. The standard InChI is InChI=1S/C14H21FN2O3/c1-19-8-3-6-17(7-9-20-2)14(18)12-5-4-11(15)10-13(12)16/h4-5,10H,3,6-9,16H2,1-2H3. The summed E-state index contributed by atoms with van der Waals surface area (Å²) in [6.45, 7) is 1.98. The number of nitrogen functional groups attached to an aromatic ring is 1. The lowest BCUT2D eigenvalue weighted by atomic mass is 10.1. The highest BCUT2D eigenvalue weighted by Gasteiger charge is 2.18. The third kappa shape index (κ3) is 4.79. The van der Waals surface area contributed by atoms with E-state index < -0.39 is 5.82 Å². The Morgan fingerprint density at radius 2 is 1.95 bits per heavy atom. The van der Waals surface area contributed by atoms with Crippen LogP contribution in [0, 0.1) is 5.82 Å². The van der Waals surface area contributed by atoms with Gasteiger partial charge in [0.1, 0.15) is 5.82 Å². The molecule has 1 aromatic carbocycles. The zero-order valence-corrected chi connectivity index (χ0v) is 11.9. The minimum Gasteiger partial charge on any atom is -0.398 e. The summed E-state index contributed by atoms with van der Waals surface area (Å²) in [5.74, 6) is -0.683. The minimum atomic E-state index is -0.457. The summed E-state index contributed by atoms with van der Waals surface area (Å²) in [7, 11) is 3.18. The summed E-state index contributed by atoms with van der Waals surface area (Å²) in [6.07, 6.45) is 0.715. The van der Waals surface area contributed by atoms with Gasteiger partial charge in [0.25, 0.3) is 5.91 Å². The molecule has 0 aliphatic rings. The number of carbonyl (C=O) groups excluding carboxylic acids is 1. The number of methoxy groups -OCH3 is 2. The number of rotatable bonds is 8. The zero-order chi connectivity index (χ0) is 15.0. The van der Waals surface area contributed by atoms with Crippen molar-refractivity contribution in [3.63, 3.8) is 0 Å². The van der Waals surface area contributed by atoms with Crippen LogP contribution in [0.2, 0.25) is 0 Å². The molecule has 0 saturated carbocycles. The van der Waals surface area contributed by atoms with Gasteiger partial charge in [0, 0.05) is 39.6 Å². The number of hydrogen-bond donors (Lipinski definition) is 1. The van der Waals surface area contributed by atoms with Crippen molar-refractivity contribution in [2.24, 2.45) is 0 Å². The zero-order valence-electron chi connectivity index (χ0n) is 11.9. The Balaban J connectivity index is 2.79. The molecule has 1 rings (SSSR count). The number of nitrogens with zero attached hydrogens (tertiary/aromatic N) is 1. The lowest BCUT2D eigenvalue weighted by Crippen LogP contribution is -2.35. The van der Waals surface area contributed by atoms with Crippen LogP contribution in [0.4, 0.5) is 10.1 Å². The molecule has 5 nitrogen and oxygen atoms in total. The van der Waals surface area contributed by atoms with Gasteiger partial charge in [-0.05, 0) is 24.6 Å². The molecule has 1 amide bonds. The number of carbonyl (C=O) groups is 1. The van der Waals surface area contributed by atoms with Gasteiger partial charge in [0.05, 0.1) is 12.2 Å². The molecule has 0 aromatic heterocycles. The predicted octanol–water partition coefficient (Wildman–Crippen LogP) is 1.53. The fraction of sp³-hybridized carbons (Fsp3) is 0.500. The Kier molecular flexibility index (Phi) is 6.97. The highest BCUT2D eigenvalue weighted by molar-refractivity contribution is 5.99. The average Bonchev–Trinajstić information content (AvgIpc) is 2.42. The Morgan fingerprint density at radius 1 is 1.25 bits per heavy atom. The SMILES string of the molecule is COCCCN(CCOC)C(=O)c1ccc(F)cc1N. The summed E-state index contributed by atoms with van der Waals surface area (Å²) < 4.78 is 23.0. The van der Waals surface area contributed by atoms with E-state index in [1.165, 1.54) is 12.1 Å². The molecule has 0 heterocycles. The number of nitrogens with two attached hydrogens (primary N) is 1. The molecule has 0 spiro atoms. The molecule has 20 heavy (non-hydrogen) atoms. The van der Waals surface area contributed by atoms with Crippen LogP contribution in [0.1, 0.15) is 16.8 Å². The van der Waals surface area contributed by atoms with Crippen molar-refractivity contribution in [1.29, 1.82) is 0 Å². The van der Waals surface area contributed by atoms with Crippen LogP contribution in [0.25, 0.3) is 0 Å². The fourth-order valence-electron chi connectivity index (χ4n) is 1.81. The summed E-state index contributed by atoms with van der Waals surface area (Å²) in [5, 5.41) is 0. The first kappa shape index (κ1) is 16.4. The van der Waals surface area contributed by atoms with Gasteiger partial charge in [0.15, 0.2) is 0 Å². The predicted molar refractivity (Wildman–Crippen MR) is 75.1 cm³/mol. The van der Waals surface area contributed by atoms with Gasteiger partial charge >= 0.3 is 0 Å². The number of amides is 1.